The zero-order valence-electron chi connectivity index (χ0n) is 23.3. The van der Waals surface area contributed by atoms with Crippen LogP contribution in [0.3, 0.4) is 0 Å². The van der Waals surface area contributed by atoms with E-state index in [1.165, 1.54) is 6.20 Å². The smallest absolute Gasteiger partial charge is 0.330 e. The maximum atomic E-state index is 14.0. The summed E-state index contributed by atoms with van der Waals surface area (Å²) in [6.07, 6.45) is 2.10. The van der Waals surface area contributed by atoms with Crippen LogP contribution in [0, 0.1) is 20.8 Å². The number of nitrogens with one attached hydrogen (secondary N) is 1. The van der Waals surface area contributed by atoms with Crippen LogP contribution in [0.25, 0.3) is 11.3 Å². The van der Waals surface area contributed by atoms with Crippen LogP contribution in [0.4, 0.5) is 5.69 Å². The van der Waals surface area contributed by atoms with Gasteiger partial charge in [0, 0.05) is 31.3 Å². The molecular formula is C29H32N6O4S. The second-order valence-electron chi connectivity index (χ2n) is 9.72. The molecular weight excluding hydrogens is 528 g/mol. The third kappa shape index (κ3) is 5.29. The topological polar surface area (TPSA) is 113 Å². The first-order valence-electron chi connectivity index (χ1n) is 13.2. The van der Waals surface area contributed by atoms with Crippen LogP contribution in [0.1, 0.15) is 39.7 Å². The van der Waals surface area contributed by atoms with Crippen LogP contribution in [-0.2, 0) is 19.5 Å². The van der Waals surface area contributed by atoms with Gasteiger partial charge >= 0.3 is 5.69 Å². The molecule has 0 radical (unpaired) electrons. The zero-order chi connectivity index (χ0) is 28.4. The first-order valence-corrected chi connectivity index (χ1v) is 13.9. The van der Waals surface area contributed by atoms with Crippen LogP contribution in [0.2, 0.25) is 0 Å². The van der Waals surface area contributed by atoms with Gasteiger partial charge in [0.05, 0.1) is 43.0 Å². The fourth-order valence-corrected chi connectivity index (χ4v) is 5.59. The van der Waals surface area contributed by atoms with Crippen molar-refractivity contribution in [2.75, 3.05) is 20.3 Å². The second-order valence-corrected chi connectivity index (χ2v) is 10.3. The number of aryl methyl sites for hydroxylation is 4. The molecule has 11 heteroatoms. The summed E-state index contributed by atoms with van der Waals surface area (Å²) < 4.78 is 22.7. The summed E-state index contributed by atoms with van der Waals surface area (Å²) in [7, 11) is 1.61. The molecule has 40 heavy (non-hydrogen) atoms. The maximum Gasteiger partial charge on any atom is 0.330 e. The number of methoxy groups -OCH3 is 1. The van der Waals surface area contributed by atoms with E-state index in [0.717, 1.165) is 50.9 Å². The van der Waals surface area contributed by atoms with Gasteiger partial charge in [0.25, 0.3) is 5.91 Å². The van der Waals surface area contributed by atoms with E-state index in [4.69, 9.17) is 14.5 Å². The standard InChI is InChI=1S/C29H32N6O4S/c1-6-39-25-13-20-7-9-34-23(21(20)14-24(25)38-5)15-26(32-27-18(3)11-17(2)12-19(27)4)35(29(34)37)10-8-30-28(36)22-16-31-40-33-22/h11-16H,6-10H2,1-5H3,(H,30,36). The predicted octanol–water partition coefficient (Wildman–Crippen LogP) is 3.72. The minimum Gasteiger partial charge on any atom is -0.493 e. The lowest BCUT2D eigenvalue weighted by Gasteiger charge is -2.25. The number of fused-ring (bicyclic) bond motifs is 3. The summed E-state index contributed by atoms with van der Waals surface area (Å²) in [6, 6.07) is 10.0. The van der Waals surface area contributed by atoms with Crippen LogP contribution < -0.4 is 26.0 Å². The van der Waals surface area contributed by atoms with Crippen molar-refractivity contribution in [1.29, 1.82) is 0 Å². The van der Waals surface area contributed by atoms with Crippen molar-refractivity contribution in [2.45, 2.75) is 47.2 Å². The van der Waals surface area contributed by atoms with E-state index < -0.39 is 0 Å². The van der Waals surface area contributed by atoms with Crippen molar-refractivity contribution < 1.29 is 14.3 Å². The van der Waals surface area contributed by atoms with Gasteiger partial charge in [-0.3, -0.25) is 13.9 Å². The molecule has 208 valence electrons. The molecule has 2 aromatic carbocycles. The normalized spacial score (nSPS) is 12.6. The monoisotopic (exact) mass is 560 g/mol. The van der Waals surface area contributed by atoms with Gasteiger partial charge in [0.15, 0.2) is 17.2 Å². The van der Waals surface area contributed by atoms with Gasteiger partial charge in [-0.1, -0.05) is 17.7 Å². The lowest BCUT2D eigenvalue weighted by atomic mass is 9.97. The van der Waals surface area contributed by atoms with Crippen LogP contribution in [0.15, 0.2) is 46.3 Å². The number of hydrogen-bond donors (Lipinski definition) is 1. The molecule has 3 heterocycles. The lowest BCUT2D eigenvalue weighted by molar-refractivity contribution is 0.0948. The van der Waals surface area contributed by atoms with Gasteiger partial charge in [-0.05, 0) is 62.9 Å². The molecule has 0 spiro atoms. The van der Waals surface area contributed by atoms with Crippen molar-refractivity contribution in [1.82, 2.24) is 23.2 Å². The fourth-order valence-electron chi connectivity index (χ4n) is 5.17. The molecule has 0 bridgehead atoms. The summed E-state index contributed by atoms with van der Waals surface area (Å²) in [5, 5.41) is 2.84. The third-order valence-electron chi connectivity index (χ3n) is 6.94. The number of aromatic nitrogens is 4. The van der Waals surface area contributed by atoms with Gasteiger partial charge in [0.2, 0.25) is 0 Å². The summed E-state index contributed by atoms with van der Waals surface area (Å²) in [5.41, 5.74) is 7.35. The van der Waals surface area contributed by atoms with E-state index in [2.05, 4.69) is 33.1 Å². The van der Waals surface area contributed by atoms with Gasteiger partial charge in [-0.25, -0.2) is 9.79 Å². The Morgan fingerprint density at radius 2 is 1.90 bits per heavy atom. The molecule has 10 nitrogen and oxygen atoms in total. The molecule has 2 aromatic heterocycles. The molecule has 0 saturated carbocycles. The number of nitrogens with zero attached hydrogens (tertiary/aromatic N) is 5. The minimum absolute atomic E-state index is 0.193. The van der Waals surface area contributed by atoms with Crippen molar-refractivity contribution >= 4 is 23.3 Å². The molecule has 4 aromatic rings. The van der Waals surface area contributed by atoms with E-state index in [-0.39, 0.29) is 30.4 Å². The molecule has 1 aliphatic rings. The number of amides is 1. The molecule has 1 amide bonds. The van der Waals surface area contributed by atoms with Gasteiger partial charge in [0.1, 0.15) is 5.49 Å². The average molecular weight is 561 g/mol. The highest BCUT2D eigenvalue weighted by molar-refractivity contribution is 6.99. The van der Waals surface area contributed by atoms with E-state index in [9.17, 15) is 9.59 Å². The van der Waals surface area contributed by atoms with Crippen molar-refractivity contribution in [3.05, 3.63) is 80.4 Å². The van der Waals surface area contributed by atoms with Crippen LogP contribution >= 0.6 is 11.7 Å². The first-order chi connectivity index (χ1) is 19.3. The zero-order valence-corrected chi connectivity index (χ0v) is 24.1. The van der Waals surface area contributed by atoms with Gasteiger partial charge in [-0.2, -0.15) is 8.75 Å². The van der Waals surface area contributed by atoms with E-state index >= 15 is 0 Å². The van der Waals surface area contributed by atoms with Gasteiger partial charge in [-0.15, -0.1) is 0 Å². The summed E-state index contributed by atoms with van der Waals surface area (Å²) >= 11 is 0.972. The van der Waals surface area contributed by atoms with Crippen LogP contribution in [-0.4, -0.2) is 44.0 Å². The van der Waals surface area contributed by atoms with Crippen molar-refractivity contribution in [2.24, 2.45) is 4.99 Å². The maximum absolute atomic E-state index is 14.0. The highest BCUT2D eigenvalue weighted by Crippen LogP contribution is 2.37. The molecule has 1 N–H and O–H groups in total. The molecule has 5 rings (SSSR count). The van der Waals surface area contributed by atoms with Crippen molar-refractivity contribution in [3.8, 4) is 22.8 Å². The van der Waals surface area contributed by atoms with E-state index in [1.54, 1.807) is 16.2 Å². The Balaban J connectivity index is 1.64. The summed E-state index contributed by atoms with van der Waals surface area (Å²) in [5.74, 6) is 0.968. The number of rotatable bonds is 8. The average Bonchev–Trinajstić information content (AvgIpc) is 3.47. The Kier molecular flexibility index (Phi) is 7.83. The number of hydrogen-bond acceptors (Lipinski definition) is 8. The highest BCUT2D eigenvalue weighted by atomic mass is 32.1. The van der Waals surface area contributed by atoms with Crippen molar-refractivity contribution in [3.63, 3.8) is 0 Å². The number of carbonyl (C=O) groups is 1. The Bertz CT molecular complexity index is 1680. The number of benzene rings is 2. The summed E-state index contributed by atoms with van der Waals surface area (Å²) in [6.45, 7) is 9.54. The number of ether oxygens (including phenoxy) is 2. The van der Waals surface area contributed by atoms with Crippen LogP contribution in [0.5, 0.6) is 11.5 Å². The fraction of sp³-hybridized carbons (Fsp3) is 0.345. The van der Waals surface area contributed by atoms with E-state index in [0.29, 0.717) is 36.6 Å². The SMILES string of the molecule is CCOc1cc2c(cc1OC)-c1cc(=Nc3c(C)cc(C)cc3C)n(CCNC(=O)c3cnsn3)c(=O)n1CC2. The number of carbonyl (C=O) groups excluding carboxylic acids is 1. The largest absolute Gasteiger partial charge is 0.493 e. The highest BCUT2D eigenvalue weighted by Gasteiger charge is 2.23. The quantitative estimate of drug-likeness (QED) is 0.352. The molecule has 1 aliphatic heterocycles. The Labute approximate surface area is 236 Å². The Morgan fingerprint density at radius 1 is 1.12 bits per heavy atom. The minimum atomic E-state index is -0.331. The predicted molar refractivity (Wildman–Crippen MR) is 154 cm³/mol. The Hall–Kier alpha value is -4.25. The van der Waals surface area contributed by atoms with E-state index in [1.807, 2.05) is 39.0 Å². The third-order valence-corrected chi connectivity index (χ3v) is 7.42. The molecule has 0 unspecified atom stereocenters. The second kappa shape index (κ2) is 11.5. The Morgan fingerprint density at radius 3 is 2.58 bits per heavy atom. The first kappa shape index (κ1) is 27.3. The molecule has 0 aliphatic carbocycles. The molecule has 0 fully saturated rings. The lowest BCUT2D eigenvalue weighted by Crippen LogP contribution is -2.44. The van der Waals surface area contributed by atoms with Gasteiger partial charge < -0.3 is 14.8 Å². The molecule has 0 saturated heterocycles. The molecule has 0 atom stereocenters. The summed E-state index contributed by atoms with van der Waals surface area (Å²) in [4.78, 5) is 31.4.